The van der Waals surface area contributed by atoms with Gasteiger partial charge in [-0.3, -0.25) is 4.79 Å². The molecule has 2 N–H and O–H groups in total. The van der Waals surface area contributed by atoms with Gasteiger partial charge in [-0.2, -0.15) is 0 Å². The number of thioether (sulfide) groups is 1. The van der Waals surface area contributed by atoms with Crippen LogP contribution in [0, 0.1) is 11.3 Å². The van der Waals surface area contributed by atoms with Gasteiger partial charge in [0.15, 0.2) is 0 Å². The van der Waals surface area contributed by atoms with Crippen LogP contribution in [0.3, 0.4) is 0 Å². The second-order valence-electron chi connectivity index (χ2n) is 8.54. The molecule has 29 heavy (non-hydrogen) atoms. The first-order chi connectivity index (χ1) is 14.1. The molecule has 2 fully saturated rings. The number of anilines is 1. The van der Waals surface area contributed by atoms with Crippen molar-refractivity contribution in [3.8, 4) is 11.1 Å². The van der Waals surface area contributed by atoms with Crippen molar-refractivity contribution in [3.05, 3.63) is 47.0 Å². The van der Waals surface area contributed by atoms with Crippen LogP contribution in [0.25, 0.3) is 22.0 Å². The Kier molecular flexibility index (Phi) is 4.51. The largest absolute Gasteiger partial charge is 0.396 e. The molecule has 1 aliphatic carbocycles. The smallest absolute Gasteiger partial charge is 0.274 e. The van der Waals surface area contributed by atoms with E-state index >= 15 is 0 Å². The zero-order valence-electron chi connectivity index (χ0n) is 16.9. The van der Waals surface area contributed by atoms with Crippen molar-refractivity contribution >= 4 is 28.4 Å². The minimum absolute atomic E-state index is 0.0000131. The lowest BCUT2D eigenvalue weighted by atomic mass is 9.90. The van der Waals surface area contributed by atoms with Crippen molar-refractivity contribution in [2.45, 2.75) is 24.2 Å². The van der Waals surface area contributed by atoms with Crippen LogP contribution in [0.1, 0.15) is 19.3 Å². The van der Waals surface area contributed by atoms with Gasteiger partial charge in [-0.05, 0) is 61.1 Å². The molecule has 5 nitrogen and oxygen atoms in total. The van der Waals surface area contributed by atoms with Crippen LogP contribution in [-0.4, -0.2) is 40.6 Å². The van der Waals surface area contributed by atoms with Crippen LogP contribution in [-0.2, 0) is 7.05 Å². The standard InChI is InChI=1S/C23H27N3O2S/c1-25-13-19(17-5-8-24-21(17)22(25)28)18-11-16(29-2)3-4-20(18)26-9-6-23(7-10-26)12-15(23)14-27/h3-5,8,11,13,15,24,27H,6-7,9-10,12,14H2,1-2H3. The summed E-state index contributed by atoms with van der Waals surface area (Å²) in [5.41, 5.74) is 4.55. The van der Waals surface area contributed by atoms with Crippen molar-refractivity contribution in [3.63, 3.8) is 0 Å². The Morgan fingerprint density at radius 2 is 2.03 bits per heavy atom. The van der Waals surface area contributed by atoms with Crippen LogP contribution in [0.15, 0.2) is 46.3 Å². The topological polar surface area (TPSA) is 61.3 Å². The lowest BCUT2D eigenvalue weighted by Crippen LogP contribution is -2.35. The molecular weight excluding hydrogens is 382 g/mol. The zero-order valence-corrected chi connectivity index (χ0v) is 17.8. The summed E-state index contributed by atoms with van der Waals surface area (Å²) in [6.45, 7) is 2.37. The predicted molar refractivity (Wildman–Crippen MR) is 120 cm³/mol. The van der Waals surface area contributed by atoms with Gasteiger partial charge >= 0.3 is 0 Å². The Bertz CT molecular complexity index is 1120. The summed E-state index contributed by atoms with van der Waals surface area (Å²) in [6.07, 6.45) is 9.39. The van der Waals surface area contributed by atoms with Gasteiger partial charge < -0.3 is 19.6 Å². The molecule has 1 unspecified atom stereocenters. The maximum atomic E-state index is 12.5. The summed E-state index contributed by atoms with van der Waals surface area (Å²) in [4.78, 5) is 19.3. The third kappa shape index (κ3) is 3.01. The molecule has 3 aromatic rings. The third-order valence-electron chi connectivity index (χ3n) is 7.07. The Morgan fingerprint density at radius 3 is 2.72 bits per heavy atom. The second kappa shape index (κ2) is 6.96. The molecule has 2 aliphatic rings. The van der Waals surface area contributed by atoms with Crippen LogP contribution >= 0.6 is 11.8 Å². The van der Waals surface area contributed by atoms with E-state index in [-0.39, 0.29) is 5.56 Å². The average molecular weight is 410 g/mol. The molecule has 1 aromatic carbocycles. The van der Waals surface area contributed by atoms with Gasteiger partial charge in [-0.15, -0.1) is 11.8 Å². The normalized spacial score (nSPS) is 20.5. The molecule has 0 radical (unpaired) electrons. The summed E-state index contributed by atoms with van der Waals surface area (Å²) in [6, 6.07) is 8.68. The van der Waals surface area contributed by atoms with Gasteiger partial charge in [-0.25, -0.2) is 0 Å². The number of fused-ring (bicyclic) bond motifs is 1. The number of rotatable bonds is 4. The fourth-order valence-corrected chi connectivity index (χ4v) is 5.55. The molecule has 1 saturated carbocycles. The number of H-pyrrole nitrogens is 1. The molecule has 1 aliphatic heterocycles. The van der Waals surface area contributed by atoms with Crippen LogP contribution in [0.5, 0.6) is 0 Å². The number of nitrogens with one attached hydrogen (secondary N) is 1. The van der Waals surface area contributed by atoms with E-state index in [1.807, 2.05) is 25.5 Å². The molecule has 152 valence electrons. The number of nitrogens with zero attached hydrogens (tertiary/aromatic N) is 2. The van der Waals surface area contributed by atoms with Crippen molar-refractivity contribution in [1.29, 1.82) is 0 Å². The highest BCUT2D eigenvalue weighted by atomic mass is 32.2. The van der Waals surface area contributed by atoms with Crippen LogP contribution in [0.2, 0.25) is 0 Å². The maximum Gasteiger partial charge on any atom is 0.274 e. The summed E-state index contributed by atoms with van der Waals surface area (Å²) in [7, 11) is 1.82. The number of aromatic nitrogens is 2. The molecule has 0 bridgehead atoms. The highest BCUT2D eigenvalue weighted by molar-refractivity contribution is 7.98. The minimum Gasteiger partial charge on any atom is -0.396 e. The molecular formula is C23H27N3O2S. The average Bonchev–Trinajstić information content (AvgIpc) is 3.19. The van der Waals surface area contributed by atoms with Gasteiger partial charge in [0, 0.05) is 66.2 Å². The summed E-state index contributed by atoms with van der Waals surface area (Å²) in [5.74, 6) is 0.506. The molecule has 5 rings (SSSR count). The number of aliphatic hydroxyl groups is 1. The predicted octanol–water partition coefficient (Wildman–Crippen LogP) is 3.85. The molecule has 6 heteroatoms. The number of aryl methyl sites for hydroxylation is 1. The number of piperidine rings is 1. The Hall–Kier alpha value is -2.18. The van der Waals surface area contributed by atoms with Gasteiger partial charge in [0.2, 0.25) is 0 Å². The van der Waals surface area contributed by atoms with Gasteiger partial charge in [0.05, 0.1) is 0 Å². The van der Waals surface area contributed by atoms with Crippen molar-refractivity contribution in [2.24, 2.45) is 18.4 Å². The van der Waals surface area contributed by atoms with E-state index in [9.17, 15) is 9.90 Å². The van der Waals surface area contributed by atoms with Crippen LogP contribution in [0.4, 0.5) is 5.69 Å². The van der Waals surface area contributed by atoms with E-state index in [4.69, 9.17) is 0 Å². The van der Waals surface area contributed by atoms with Crippen molar-refractivity contribution < 1.29 is 5.11 Å². The van der Waals surface area contributed by atoms with E-state index in [2.05, 4.69) is 34.3 Å². The number of benzene rings is 1. The quantitative estimate of drug-likeness (QED) is 0.643. The first-order valence-electron chi connectivity index (χ1n) is 10.3. The second-order valence-corrected chi connectivity index (χ2v) is 9.42. The molecule has 0 amide bonds. The Labute approximate surface area is 174 Å². The van der Waals surface area contributed by atoms with Gasteiger partial charge in [0.1, 0.15) is 5.52 Å². The Balaban J connectivity index is 1.58. The highest BCUT2D eigenvalue weighted by Crippen LogP contribution is 2.59. The first-order valence-corrected chi connectivity index (χ1v) is 11.5. The number of aromatic amines is 1. The highest BCUT2D eigenvalue weighted by Gasteiger charge is 2.54. The molecule has 1 spiro atoms. The number of hydrogen-bond donors (Lipinski definition) is 2. The minimum atomic E-state index is 0.0000131. The van der Waals surface area contributed by atoms with Gasteiger partial charge in [-0.1, -0.05) is 0 Å². The number of hydrogen-bond acceptors (Lipinski definition) is 4. The zero-order chi connectivity index (χ0) is 20.2. The SMILES string of the molecule is CSc1ccc(N2CCC3(CC2)CC3CO)c(-c2cn(C)c(=O)c3[nH]ccc23)c1. The lowest BCUT2D eigenvalue weighted by molar-refractivity contribution is 0.232. The fraction of sp³-hybridized carbons (Fsp3) is 0.435. The van der Waals surface area contributed by atoms with E-state index < -0.39 is 0 Å². The first kappa shape index (κ1) is 18.8. The van der Waals surface area contributed by atoms with Crippen molar-refractivity contribution in [1.82, 2.24) is 9.55 Å². The van der Waals surface area contributed by atoms with Gasteiger partial charge in [0.25, 0.3) is 5.56 Å². The maximum absolute atomic E-state index is 12.5. The molecule has 1 atom stereocenters. The molecule has 1 saturated heterocycles. The monoisotopic (exact) mass is 409 g/mol. The Morgan fingerprint density at radius 1 is 1.24 bits per heavy atom. The summed E-state index contributed by atoms with van der Waals surface area (Å²) < 4.78 is 1.67. The fourth-order valence-electron chi connectivity index (χ4n) is 5.11. The third-order valence-corrected chi connectivity index (χ3v) is 7.79. The van der Waals surface area contributed by atoms with E-state index in [0.29, 0.717) is 23.5 Å². The van der Waals surface area contributed by atoms with E-state index in [1.165, 1.54) is 22.6 Å². The number of pyridine rings is 1. The van der Waals surface area contributed by atoms with E-state index in [0.717, 1.165) is 36.9 Å². The van der Waals surface area contributed by atoms with E-state index in [1.54, 1.807) is 16.3 Å². The molecule has 3 heterocycles. The summed E-state index contributed by atoms with van der Waals surface area (Å²) >= 11 is 1.74. The lowest BCUT2D eigenvalue weighted by Gasteiger charge is -2.36. The van der Waals surface area contributed by atoms with Crippen LogP contribution < -0.4 is 10.5 Å². The number of aliphatic hydroxyl groups excluding tert-OH is 1. The summed E-state index contributed by atoms with van der Waals surface area (Å²) in [5, 5.41) is 10.5. The molecule has 2 aromatic heterocycles. The van der Waals surface area contributed by atoms with Crippen molar-refractivity contribution in [2.75, 3.05) is 30.9 Å².